The Hall–Kier alpha value is -7.47. The first-order valence-corrected chi connectivity index (χ1v) is 20.4. The fourth-order valence-corrected chi connectivity index (χ4v) is 8.64. The lowest BCUT2D eigenvalue weighted by Gasteiger charge is -2.20. The summed E-state index contributed by atoms with van der Waals surface area (Å²) in [6.07, 6.45) is 1.89. The molecule has 0 saturated heterocycles. The van der Waals surface area contributed by atoms with Gasteiger partial charge in [-0.15, -0.1) is 0 Å². The maximum atomic E-state index is 14.6. The first-order valence-electron chi connectivity index (χ1n) is 20.4. The van der Waals surface area contributed by atoms with Crippen LogP contribution in [0.15, 0.2) is 164 Å². The SMILES string of the molecule is Cc1cccc(C)c1-c1cc(Oc2ccc3c4ccccc4n(-c4cc(C(C)(C)C)ccn4)c3c2)cc([N+]2=C=[N+](c3ccccc3-c3cc(F)cc(F)c3)c3ccccc32)c1. The third-order valence-corrected chi connectivity index (χ3v) is 11.5. The molecular weight excluding hydrogens is 759 g/mol. The summed E-state index contributed by atoms with van der Waals surface area (Å²) < 4.78 is 42.2. The second-order valence-electron chi connectivity index (χ2n) is 16.7. The smallest absolute Gasteiger partial charge is 0.457 e. The molecule has 296 valence electrons. The van der Waals surface area contributed by atoms with E-state index in [1.165, 1.54) is 17.7 Å². The van der Waals surface area contributed by atoms with Crippen LogP contribution in [0.4, 0.5) is 31.5 Å². The van der Waals surface area contributed by atoms with Crippen LogP contribution in [0.25, 0.3) is 49.9 Å². The van der Waals surface area contributed by atoms with Gasteiger partial charge in [-0.2, -0.15) is 0 Å². The highest BCUT2D eigenvalue weighted by molar-refractivity contribution is 6.09. The Balaban J connectivity index is 1.16. The number of para-hydroxylation sites is 4. The summed E-state index contributed by atoms with van der Waals surface area (Å²) in [5, 5.41) is 2.24. The van der Waals surface area contributed by atoms with Crippen LogP contribution < -0.4 is 13.9 Å². The molecule has 0 aliphatic carbocycles. The van der Waals surface area contributed by atoms with E-state index in [9.17, 15) is 8.78 Å². The van der Waals surface area contributed by atoms with Crippen LogP contribution in [-0.2, 0) is 5.41 Å². The topological polar surface area (TPSA) is 33.1 Å². The van der Waals surface area contributed by atoms with Crippen LogP contribution in [0.2, 0.25) is 0 Å². The predicted octanol–water partition coefficient (Wildman–Crippen LogP) is 14.4. The van der Waals surface area contributed by atoms with Gasteiger partial charge in [-0.3, -0.25) is 4.57 Å². The number of nitrogens with zero attached hydrogens (tertiary/aromatic N) is 4. The third-order valence-electron chi connectivity index (χ3n) is 11.5. The van der Waals surface area contributed by atoms with Crippen molar-refractivity contribution in [2.75, 3.05) is 0 Å². The molecule has 7 aromatic carbocycles. The number of fused-ring (bicyclic) bond motifs is 4. The number of ether oxygens (including phenoxy) is 1. The highest BCUT2D eigenvalue weighted by Gasteiger charge is 2.38. The number of pyridine rings is 1. The van der Waals surface area contributed by atoms with Crippen molar-refractivity contribution in [1.82, 2.24) is 18.7 Å². The zero-order chi connectivity index (χ0) is 42.0. The minimum atomic E-state index is -0.635. The molecule has 1 aliphatic heterocycles. The van der Waals surface area contributed by atoms with Crippen molar-refractivity contribution in [3.8, 4) is 39.6 Å². The molecule has 1 aliphatic rings. The van der Waals surface area contributed by atoms with Gasteiger partial charge in [-0.1, -0.05) is 81.4 Å². The standard InChI is InChI=1S/C54H42F2N4O/c1-34-13-12-14-35(2)53(34)37-27-41(58-33-59(50-20-11-10-19-49(50)58)47-17-8-6-15-44(47)36-25-39(55)30-40(56)26-36)31-43(28-37)61-42-21-22-46-45-16-7-9-18-48(45)60(51(46)32-42)52-29-38(23-24-57-52)54(3,4)5/h6-32H,1-5H3/q+2. The van der Waals surface area contributed by atoms with Gasteiger partial charge in [0.05, 0.1) is 22.7 Å². The molecule has 3 heterocycles. The zero-order valence-electron chi connectivity index (χ0n) is 34.5. The van der Waals surface area contributed by atoms with E-state index in [0.29, 0.717) is 22.6 Å². The Kier molecular flexibility index (Phi) is 9.08. The molecule has 0 N–H and O–H groups in total. The normalized spacial score (nSPS) is 12.4. The summed E-state index contributed by atoms with van der Waals surface area (Å²) in [6.45, 7) is 10.9. The van der Waals surface area contributed by atoms with Gasteiger partial charge in [-0.05, 0) is 116 Å². The predicted molar refractivity (Wildman–Crippen MR) is 245 cm³/mol. The summed E-state index contributed by atoms with van der Waals surface area (Å²) in [5.41, 5.74) is 12.1. The first kappa shape index (κ1) is 37.8. The minimum absolute atomic E-state index is 0.0469. The minimum Gasteiger partial charge on any atom is -0.457 e. The lowest BCUT2D eigenvalue weighted by molar-refractivity contribution is 0.483. The van der Waals surface area contributed by atoms with Crippen LogP contribution in [0, 0.1) is 25.5 Å². The Morgan fingerprint density at radius 2 is 1.25 bits per heavy atom. The molecule has 0 saturated carbocycles. The second-order valence-corrected chi connectivity index (χ2v) is 16.7. The van der Waals surface area contributed by atoms with E-state index in [1.54, 1.807) is 0 Å². The molecule has 0 fully saturated rings. The fourth-order valence-electron chi connectivity index (χ4n) is 8.64. The molecule has 9 aromatic rings. The zero-order valence-corrected chi connectivity index (χ0v) is 34.5. The molecule has 0 spiro atoms. The van der Waals surface area contributed by atoms with Crippen LogP contribution in [0.1, 0.15) is 37.5 Å². The molecular formula is C54H42F2N4O+2. The van der Waals surface area contributed by atoms with Crippen LogP contribution in [0.3, 0.4) is 0 Å². The number of aryl methyl sites for hydroxylation is 2. The van der Waals surface area contributed by atoms with Gasteiger partial charge in [0.1, 0.15) is 29.0 Å². The highest BCUT2D eigenvalue weighted by atomic mass is 19.1. The quantitative estimate of drug-likeness (QED) is 0.150. The Morgan fingerprint density at radius 1 is 0.574 bits per heavy atom. The van der Waals surface area contributed by atoms with Gasteiger partial charge in [0.25, 0.3) is 11.4 Å². The summed E-state index contributed by atoms with van der Waals surface area (Å²) in [6, 6.07) is 54.5. The highest BCUT2D eigenvalue weighted by Crippen LogP contribution is 2.43. The summed E-state index contributed by atoms with van der Waals surface area (Å²) >= 11 is 0. The van der Waals surface area contributed by atoms with E-state index in [2.05, 4.69) is 130 Å². The van der Waals surface area contributed by atoms with Gasteiger partial charge >= 0.3 is 6.01 Å². The Morgan fingerprint density at radius 3 is 2.00 bits per heavy atom. The summed E-state index contributed by atoms with van der Waals surface area (Å²) in [4.78, 5) is 4.88. The van der Waals surface area contributed by atoms with E-state index in [4.69, 9.17) is 9.72 Å². The second kappa shape index (κ2) is 14.7. The van der Waals surface area contributed by atoms with E-state index < -0.39 is 11.6 Å². The Bertz CT molecular complexity index is 3270. The molecule has 2 aromatic heterocycles. The first-order chi connectivity index (χ1) is 29.5. The average molecular weight is 801 g/mol. The summed E-state index contributed by atoms with van der Waals surface area (Å²) in [5.74, 6) is 0.912. The number of rotatable bonds is 7. The van der Waals surface area contributed by atoms with Crippen molar-refractivity contribution in [3.05, 3.63) is 192 Å². The Labute approximate surface area is 353 Å². The molecule has 0 bridgehead atoms. The molecule has 10 rings (SSSR count). The van der Waals surface area contributed by atoms with E-state index in [0.717, 1.165) is 78.7 Å². The fraction of sp³-hybridized carbons (Fsp3) is 0.111. The largest absolute Gasteiger partial charge is 0.503 e. The molecule has 7 heteroatoms. The molecule has 0 unspecified atom stereocenters. The number of halogens is 2. The third kappa shape index (κ3) is 6.79. The van der Waals surface area contributed by atoms with E-state index in [1.807, 2.05) is 69.9 Å². The van der Waals surface area contributed by atoms with Gasteiger partial charge < -0.3 is 4.74 Å². The number of benzene rings is 7. The number of hydrogen-bond donors (Lipinski definition) is 0. The monoisotopic (exact) mass is 800 g/mol. The molecule has 5 nitrogen and oxygen atoms in total. The lowest BCUT2D eigenvalue weighted by Crippen LogP contribution is -2.12. The molecule has 0 amide bonds. The van der Waals surface area contributed by atoms with Gasteiger partial charge in [0.15, 0.2) is 0 Å². The van der Waals surface area contributed by atoms with Crippen LogP contribution in [-0.4, -0.2) is 15.6 Å². The van der Waals surface area contributed by atoms with Crippen molar-refractivity contribution in [3.63, 3.8) is 0 Å². The van der Waals surface area contributed by atoms with Crippen molar-refractivity contribution < 1.29 is 13.5 Å². The van der Waals surface area contributed by atoms with Crippen molar-refractivity contribution in [1.29, 1.82) is 0 Å². The lowest BCUT2D eigenvalue weighted by atomic mass is 9.88. The van der Waals surface area contributed by atoms with E-state index >= 15 is 0 Å². The maximum Gasteiger partial charge on any atom is 0.503 e. The summed E-state index contributed by atoms with van der Waals surface area (Å²) in [7, 11) is 0. The van der Waals surface area contributed by atoms with E-state index in [-0.39, 0.29) is 5.41 Å². The van der Waals surface area contributed by atoms with Gasteiger partial charge in [0.2, 0.25) is 11.4 Å². The molecule has 0 radical (unpaired) electrons. The van der Waals surface area contributed by atoms with Crippen LogP contribution in [0.5, 0.6) is 11.5 Å². The van der Waals surface area contributed by atoms with Gasteiger partial charge in [-0.25, -0.2) is 13.8 Å². The van der Waals surface area contributed by atoms with Crippen molar-refractivity contribution >= 4 is 50.6 Å². The van der Waals surface area contributed by atoms with Crippen LogP contribution >= 0.6 is 0 Å². The molecule has 61 heavy (non-hydrogen) atoms. The van der Waals surface area contributed by atoms with Crippen molar-refractivity contribution in [2.24, 2.45) is 0 Å². The van der Waals surface area contributed by atoms with Gasteiger partial charge in [0, 0.05) is 53.4 Å². The maximum absolute atomic E-state index is 14.6. The van der Waals surface area contributed by atoms with Crippen molar-refractivity contribution in [2.45, 2.75) is 40.0 Å². The average Bonchev–Trinajstić information content (AvgIpc) is 3.79. The molecule has 0 atom stereocenters. The number of aromatic nitrogens is 2. The number of hydrogen-bond acceptors (Lipinski definition) is 2.